The summed E-state index contributed by atoms with van der Waals surface area (Å²) in [5, 5.41) is 5.26. The molecule has 0 aliphatic carbocycles. The molecule has 4 heteroatoms. The summed E-state index contributed by atoms with van der Waals surface area (Å²) in [5.41, 5.74) is 4.15. The lowest BCUT2D eigenvalue weighted by Crippen LogP contribution is -2.08. The van der Waals surface area contributed by atoms with Gasteiger partial charge in [-0.15, -0.1) is 0 Å². The van der Waals surface area contributed by atoms with Gasteiger partial charge in [-0.2, -0.15) is 0 Å². The average molecular weight is 298 g/mol. The van der Waals surface area contributed by atoms with Crippen LogP contribution in [0, 0.1) is 6.92 Å². The first-order chi connectivity index (χ1) is 10.2. The van der Waals surface area contributed by atoms with E-state index in [9.17, 15) is 0 Å². The van der Waals surface area contributed by atoms with Gasteiger partial charge in [0, 0.05) is 30.0 Å². The van der Waals surface area contributed by atoms with Crippen LogP contribution in [0.2, 0.25) is 5.02 Å². The highest BCUT2D eigenvalue weighted by molar-refractivity contribution is 6.35. The fourth-order valence-corrected chi connectivity index (χ4v) is 2.80. The van der Waals surface area contributed by atoms with Crippen molar-refractivity contribution in [2.24, 2.45) is 0 Å². The van der Waals surface area contributed by atoms with Gasteiger partial charge in [0.05, 0.1) is 16.2 Å². The van der Waals surface area contributed by atoms with Crippen molar-refractivity contribution in [2.75, 3.05) is 5.32 Å². The van der Waals surface area contributed by atoms with Crippen molar-refractivity contribution in [2.45, 2.75) is 19.9 Å². The lowest BCUT2D eigenvalue weighted by Gasteiger charge is -2.19. The largest absolute Gasteiger partial charge is 0.377 e. The number of benzene rings is 1. The summed E-state index contributed by atoms with van der Waals surface area (Å²) in [6, 6.07) is 10.1. The van der Waals surface area contributed by atoms with Crippen LogP contribution >= 0.6 is 11.6 Å². The second-order valence-electron chi connectivity index (χ2n) is 5.10. The lowest BCUT2D eigenvalue weighted by molar-refractivity contribution is 0.882. The van der Waals surface area contributed by atoms with Crippen molar-refractivity contribution in [3.05, 3.63) is 65.1 Å². The van der Waals surface area contributed by atoms with E-state index in [0.717, 1.165) is 22.2 Å². The summed E-state index contributed by atoms with van der Waals surface area (Å²) in [4.78, 5) is 8.50. The second-order valence-corrected chi connectivity index (χ2v) is 5.50. The van der Waals surface area contributed by atoms with E-state index in [2.05, 4.69) is 22.2 Å². The van der Waals surface area contributed by atoms with Gasteiger partial charge < -0.3 is 5.32 Å². The van der Waals surface area contributed by atoms with E-state index in [4.69, 9.17) is 11.6 Å². The Labute approximate surface area is 129 Å². The molecule has 106 valence electrons. The van der Waals surface area contributed by atoms with Crippen molar-refractivity contribution < 1.29 is 0 Å². The molecule has 0 aliphatic rings. The molecule has 1 unspecified atom stereocenters. The third-order valence-corrected chi connectivity index (χ3v) is 3.90. The molecule has 1 N–H and O–H groups in total. The number of aryl methyl sites for hydroxylation is 1. The van der Waals surface area contributed by atoms with Gasteiger partial charge in [-0.05, 0) is 55.3 Å². The van der Waals surface area contributed by atoms with Crippen LogP contribution < -0.4 is 5.32 Å². The number of hydrogen-bond acceptors (Lipinski definition) is 3. The van der Waals surface area contributed by atoms with Crippen LogP contribution in [0.4, 0.5) is 5.69 Å². The van der Waals surface area contributed by atoms with Gasteiger partial charge in [-0.25, -0.2) is 0 Å². The Hall–Kier alpha value is -2.13. The normalized spacial score (nSPS) is 12.3. The number of nitrogens with one attached hydrogen (secondary N) is 1. The maximum atomic E-state index is 6.44. The minimum absolute atomic E-state index is 0.136. The number of nitrogens with zero attached hydrogens (tertiary/aromatic N) is 2. The Balaban J connectivity index is 2.05. The van der Waals surface area contributed by atoms with Gasteiger partial charge in [-0.1, -0.05) is 11.6 Å². The smallest absolute Gasteiger partial charge is 0.0752 e. The summed E-state index contributed by atoms with van der Waals surface area (Å²) < 4.78 is 0. The summed E-state index contributed by atoms with van der Waals surface area (Å²) in [7, 11) is 0. The molecule has 3 aromatic rings. The molecule has 3 rings (SSSR count). The quantitative estimate of drug-likeness (QED) is 0.757. The van der Waals surface area contributed by atoms with Crippen LogP contribution in [0.3, 0.4) is 0 Å². The highest BCUT2D eigenvalue weighted by atomic mass is 35.5. The first-order valence-corrected chi connectivity index (χ1v) is 7.25. The third kappa shape index (κ3) is 2.69. The molecule has 0 saturated carbocycles. The van der Waals surface area contributed by atoms with Crippen molar-refractivity contribution in [1.82, 2.24) is 9.97 Å². The zero-order valence-corrected chi connectivity index (χ0v) is 12.7. The molecule has 3 nitrogen and oxygen atoms in total. The zero-order chi connectivity index (χ0) is 14.8. The molecule has 0 aliphatic heterocycles. The Bertz CT molecular complexity index is 772. The van der Waals surface area contributed by atoms with E-state index in [1.165, 1.54) is 5.56 Å². The molecule has 2 aromatic heterocycles. The van der Waals surface area contributed by atoms with Crippen molar-refractivity contribution in [3.8, 4) is 0 Å². The van der Waals surface area contributed by atoms with E-state index < -0.39 is 0 Å². The summed E-state index contributed by atoms with van der Waals surface area (Å²) in [5.74, 6) is 0. The number of rotatable bonds is 3. The van der Waals surface area contributed by atoms with Crippen molar-refractivity contribution in [3.63, 3.8) is 0 Å². The molecule has 2 heterocycles. The SMILES string of the molecule is Cc1cc(Cl)c(NC(C)c2ccncc2)c2cccnc12. The molecular formula is C17H16ClN3. The van der Waals surface area contributed by atoms with Gasteiger partial charge in [-0.3, -0.25) is 9.97 Å². The zero-order valence-electron chi connectivity index (χ0n) is 12.0. The highest BCUT2D eigenvalue weighted by Gasteiger charge is 2.13. The van der Waals surface area contributed by atoms with Crippen molar-refractivity contribution in [1.29, 1.82) is 0 Å². The Kier molecular flexibility index (Phi) is 3.76. The number of anilines is 1. The fraction of sp³-hybridized carbons (Fsp3) is 0.176. The minimum Gasteiger partial charge on any atom is -0.377 e. The minimum atomic E-state index is 0.136. The highest BCUT2D eigenvalue weighted by Crippen LogP contribution is 2.34. The fourth-order valence-electron chi connectivity index (χ4n) is 2.48. The summed E-state index contributed by atoms with van der Waals surface area (Å²) >= 11 is 6.44. The van der Waals surface area contributed by atoms with Gasteiger partial charge in [0.1, 0.15) is 0 Å². The molecule has 21 heavy (non-hydrogen) atoms. The first-order valence-electron chi connectivity index (χ1n) is 6.87. The number of fused-ring (bicyclic) bond motifs is 1. The Morgan fingerprint density at radius 1 is 1.14 bits per heavy atom. The molecule has 0 saturated heterocycles. The van der Waals surface area contributed by atoms with E-state index in [-0.39, 0.29) is 6.04 Å². The monoisotopic (exact) mass is 297 g/mol. The molecule has 0 radical (unpaired) electrons. The molecule has 0 amide bonds. The van der Waals surface area contributed by atoms with E-state index in [1.54, 1.807) is 18.6 Å². The third-order valence-electron chi connectivity index (χ3n) is 3.60. The first kappa shape index (κ1) is 13.8. The lowest BCUT2D eigenvalue weighted by atomic mass is 10.1. The Morgan fingerprint density at radius 3 is 2.67 bits per heavy atom. The number of halogens is 1. The van der Waals surface area contributed by atoms with Crippen LogP contribution in [-0.4, -0.2) is 9.97 Å². The topological polar surface area (TPSA) is 37.8 Å². The number of aromatic nitrogens is 2. The molecule has 0 bridgehead atoms. The van der Waals surface area contributed by atoms with Crippen LogP contribution in [0.5, 0.6) is 0 Å². The van der Waals surface area contributed by atoms with E-state index in [1.807, 2.05) is 37.3 Å². The Morgan fingerprint density at radius 2 is 1.90 bits per heavy atom. The molecule has 1 aromatic carbocycles. The van der Waals surface area contributed by atoms with Crippen LogP contribution in [0.15, 0.2) is 48.9 Å². The predicted molar refractivity (Wildman–Crippen MR) is 87.8 cm³/mol. The average Bonchev–Trinajstić information content (AvgIpc) is 2.52. The van der Waals surface area contributed by atoms with Gasteiger partial charge in [0.2, 0.25) is 0 Å². The van der Waals surface area contributed by atoms with Gasteiger partial charge in [0.15, 0.2) is 0 Å². The predicted octanol–water partition coefficient (Wildman–Crippen LogP) is 4.76. The van der Waals surface area contributed by atoms with E-state index >= 15 is 0 Å². The maximum absolute atomic E-state index is 6.44. The van der Waals surface area contributed by atoms with Crippen LogP contribution in [0.25, 0.3) is 10.9 Å². The molecule has 0 fully saturated rings. The summed E-state index contributed by atoms with van der Waals surface area (Å²) in [6.45, 7) is 4.13. The molecular weight excluding hydrogens is 282 g/mol. The van der Waals surface area contributed by atoms with Crippen LogP contribution in [-0.2, 0) is 0 Å². The maximum Gasteiger partial charge on any atom is 0.0752 e. The number of pyridine rings is 2. The van der Waals surface area contributed by atoms with Crippen molar-refractivity contribution >= 4 is 28.2 Å². The molecule has 1 atom stereocenters. The standard InChI is InChI=1S/C17H16ClN3/c1-11-10-15(18)17(14-4-3-7-20-16(11)14)21-12(2)13-5-8-19-9-6-13/h3-10,12,21H,1-2H3. The summed E-state index contributed by atoms with van der Waals surface area (Å²) in [6.07, 6.45) is 5.40. The van der Waals surface area contributed by atoms with Gasteiger partial charge >= 0.3 is 0 Å². The van der Waals surface area contributed by atoms with Gasteiger partial charge in [0.25, 0.3) is 0 Å². The number of hydrogen-bond donors (Lipinski definition) is 1. The van der Waals surface area contributed by atoms with E-state index in [0.29, 0.717) is 5.02 Å². The molecule has 0 spiro atoms. The van der Waals surface area contributed by atoms with Crippen LogP contribution in [0.1, 0.15) is 24.1 Å². The second kappa shape index (κ2) is 5.70.